The minimum atomic E-state index is -1.30. The van der Waals surface area contributed by atoms with E-state index in [-0.39, 0.29) is 5.69 Å². The minimum Gasteiger partial charge on any atom is -0.476 e. The molecule has 1 rings (SSSR count). The van der Waals surface area contributed by atoms with Crippen LogP contribution in [0.3, 0.4) is 0 Å². The number of carbonyl (C=O) groups is 1. The summed E-state index contributed by atoms with van der Waals surface area (Å²) >= 11 is 0. The highest BCUT2D eigenvalue weighted by Gasteiger charge is 2.18. The van der Waals surface area contributed by atoms with E-state index in [4.69, 9.17) is 5.11 Å². The summed E-state index contributed by atoms with van der Waals surface area (Å²) in [4.78, 5) is 10.4. The molecule has 0 unspecified atom stereocenters. The Bertz CT molecular complexity index is 306. The Morgan fingerprint density at radius 2 is 2.27 bits per heavy atom. The van der Waals surface area contributed by atoms with E-state index in [1.165, 1.54) is 14.0 Å². The van der Waals surface area contributed by atoms with Crippen LogP contribution in [-0.4, -0.2) is 20.9 Å². The van der Waals surface area contributed by atoms with Gasteiger partial charge in [0.25, 0.3) is 0 Å². The summed E-state index contributed by atoms with van der Waals surface area (Å²) in [6, 6.07) is 0. The zero-order valence-electron chi connectivity index (χ0n) is 6.13. The SMILES string of the molecule is Cc1nn(C)c(C(=O)O)c1F. The topological polar surface area (TPSA) is 55.1 Å². The molecule has 0 aliphatic rings. The zero-order valence-corrected chi connectivity index (χ0v) is 6.13. The predicted molar refractivity (Wildman–Crippen MR) is 34.9 cm³/mol. The molecule has 1 aromatic rings. The van der Waals surface area contributed by atoms with Crippen LogP contribution in [0, 0.1) is 12.7 Å². The largest absolute Gasteiger partial charge is 0.476 e. The highest BCUT2D eigenvalue weighted by molar-refractivity contribution is 5.86. The smallest absolute Gasteiger partial charge is 0.357 e. The maximum absolute atomic E-state index is 12.8. The molecule has 1 aromatic heterocycles. The van der Waals surface area contributed by atoms with Crippen molar-refractivity contribution in [3.63, 3.8) is 0 Å². The summed E-state index contributed by atoms with van der Waals surface area (Å²) in [7, 11) is 1.39. The molecule has 0 saturated heterocycles. The second-order valence-corrected chi connectivity index (χ2v) is 2.18. The second kappa shape index (κ2) is 2.34. The van der Waals surface area contributed by atoms with Crippen molar-refractivity contribution in [3.05, 3.63) is 17.2 Å². The Morgan fingerprint density at radius 3 is 2.45 bits per heavy atom. The van der Waals surface area contributed by atoms with Crippen molar-refractivity contribution in [2.75, 3.05) is 0 Å². The standard InChI is InChI=1S/C6H7FN2O2/c1-3-4(7)5(6(10)11)9(2)8-3/h1-2H3,(H,10,11). The van der Waals surface area contributed by atoms with Gasteiger partial charge in [0.2, 0.25) is 0 Å². The summed E-state index contributed by atoms with van der Waals surface area (Å²) in [5.74, 6) is -2.06. The fraction of sp³-hybridized carbons (Fsp3) is 0.333. The molecule has 11 heavy (non-hydrogen) atoms. The first-order valence-corrected chi connectivity index (χ1v) is 2.96. The molecule has 0 aliphatic carbocycles. The number of hydrogen-bond acceptors (Lipinski definition) is 2. The molecule has 1 heterocycles. The highest BCUT2D eigenvalue weighted by Crippen LogP contribution is 2.09. The fourth-order valence-electron chi connectivity index (χ4n) is 0.865. The van der Waals surface area contributed by atoms with Crippen molar-refractivity contribution >= 4 is 5.97 Å². The first-order chi connectivity index (χ1) is 5.04. The third-order valence-electron chi connectivity index (χ3n) is 1.35. The molecule has 4 nitrogen and oxygen atoms in total. The van der Waals surface area contributed by atoms with Crippen LogP contribution in [0.15, 0.2) is 0 Å². The van der Waals surface area contributed by atoms with Crippen molar-refractivity contribution in [2.24, 2.45) is 7.05 Å². The summed E-state index contributed by atoms with van der Waals surface area (Å²) in [5, 5.41) is 12.1. The molecule has 60 valence electrons. The Kier molecular flexibility index (Phi) is 1.64. The number of carboxylic acids is 1. The van der Waals surface area contributed by atoms with Crippen molar-refractivity contribution in [1.82, 2.24) is 9.78 Å². The van der Waals surface area contributed by atoms with E-state index in [0.717, 1.165) is 4.68 Å². The van der Waals surface area contributed by atoms with Crippen LogP contribution in [0.1, 0.15) is 16.2 Å². The van der Waals surface area contributed by atoms with E-state index in [2.05, 4.69) is 5.10 Å². The number of aromatic nitrogens is 2. The summed E-state index contributed by atoms with van der Waals surface area (Å²) in [6.45, 7) is 1.42. The van der Waals surface area contributed by atoms with Crippen molar-refractivity contribution in [1.29, 1.82) is 0 Å². The van der Waals surface area contributed by atoms with Crippen molar-refractivity contribution in [2.45, 2.75) is 6.92 Å². The van der Waals surface area contributed by atoms with E-state index in [0.29, 0.717) is 0 Å². The third kappa shape index (κ3) is 1.09. The van der Waals surface area contributed by atoms with Gasteiger partial charge in [0.1, 0.15) is 0 Å². The number of carboxylic acid groups (broad SMARTS) is 1. The van der Waals surface area contributed by atoms with E-state index < -0.39 is 17.5 Å². The number of aryl methyl sites for hydroxylation is 2. The van der Waals surface area contributed by atoms with Gasteiger partial charge in [-0.3, -0.25) is 4.68 Å². The van der Waals surface area contributed by atoms with Gasteiger partial charge in [0.05, 0.1) is 5.69 Å². The molecular formula is C6H7FN2O2. The van der Waals surface area contributed by atoms with Gasteiger partial charge in [-0.1, -0.05) is 0 Å². The Morgan fingerprint density at radius 1 is 1.73 bits per heavy atom. The predicted octanol–water partition coefficient (Wildman–Crippen LogP) is 0.566. The first kappa shape index (κ1) is 7.71. The molecule has 0 spiro atoms. The average Bonchev–Trinajstić information content (AvgIpc) is 2.07. The van der Waals surface area contributed by atoms with Crippen molar-refractivity contribution in [3.8, 4) is 0 Å². The summed E-state index contributed by atoms with van der Waals surface area (Å²) < 4.78 is 13.8. The van der Waals surface area contributed by atoms with Crippen molar-refractivity contribution < 1.29 is 14.3 Å². The Balaban J connectivity index is 3.34. The molecule has 0 amide bonds. The van der Waals surface area contributed by atoms with Gasteiger partial charge in [0, 0.05) is 7.05 Å². The summed E-state index contributed by atoms with van der Waals surface area (Å²) in [5.41, 5.74) is -0.299. The maximum atomic E-state index is 12.8. The molecule has 0 aromatic carbocycles. The molecule has 0 aliphatic heterocycles. The van der Waals surface area contributed by atoms with Crippen LogP contribution in [0.4, 0.5) is 4.39 Å². The van der Waals surface area contributed by atoms with E-state index in [1.807, 2.05) is 0 Å². The number of nitrogens with zero attached hydrogens (tertiary/aromatic N) is 2. The van der Waals surface area contributed by atoms with Crippen LogP contribution in [-0.2, 0) is 7.05 Å². The molecule has 0 saturated carbocycles. The number of aromatic carboxylic acids is 1. The average molecular weight is 158 g/mol. The van der Waals surface area contributed by atoms with Gasteiger partial charge in [0.15, 0.2) is 11.5 Å². The molecule has 0 atom stereocenters. The maximum Gasteiger partial charge on any atom is 0.357 e. The second-order valence-electron chi connectivity index (χ2n) is 2.18. The summed E-state index contributed by atoms with van der Waals surface area (Å²) in [6.07, 6.45) is 0. The van der Waals surface area contributed by atoms with Crippen LogP contribution in [0.5, 0.6) is 0 Å². The first-order valence-electron chi connectivity index (χ1n) is 2.96. The van der Waals surface area contributed by atoms with Gasteiger partial charge in [-0.15, -0.1) is 0 Å². The minimum absolute atomic E-state index is 0.102. The molecule has 0 bridgehead atoms. The van der Waals surface area contributed by atoms with E-state index >= 15 is 0 Å². The van der Waals surface area contributed by atoms with Crippen LogP contribution in [0.25, 0.3) is 0 Å². The number of halogens is 1. The van der Waals surface area contributed by atoms with Gasteiger partial charge in [-0.25, -0.2) is 9.18 Å². The molecular weight excluding hydrogens is 151 g/mol. The Labute approximate surface area is 62.3 Å². The molecule has 0 fully saturated rings. The lowest BCUT2D eigenvalue weighted by Crippen LogP contribution is -2.06. The fourth-order valence-corrected chi connectivity index (χ4v) is 0.865. The van der Waals surface area contributed by atoms with Crippen LogP contribution >= 0.6 is 0 Å². The third-order valence-corrected chi connectivity index (χ3v) is 1.35. The highest BCUT2D eigenvalue weighted by atomic mass is 19.1. The molecule has 0 radical (unpaired) electrons. The van der Waals surface area contributed by atoms with Gasteiger partial charge < -0.3 is 5.11 Å². The lowest BCUT2D eigenvalue weighted by molar-refractivity contribution is 0.0679. The lowest BCUT2D eigenvalue weighted by Gasteiger charge is -1.92. The zero-order chi connectivity index (χ0) is 8.59. The number of hydrogen-bond donors (Lipinski definition) is 1. The van der Waals surface area contributed by atoms with E-state index in [1.54, 1.807) is 0 Å². The number of rotatable bonds is 1. The van der Waals surface area contributed by atoms with Gasteiger partial charge in [-0.2, -0.15) is 5.10 Å². The Hall–Kier alpha value is -1.39. The van der Waals surface area contributed by atoms with E-state index in [9.17, 15) is 9.18 Å². The van der Waals surface area contributed by atoms with Crippen LogP contribution in [0.2, 0.25) is 0 Å². The van der Waals surface area contributed by atoms with Gasteiger partial charge >= 0.3 is 5.97 Å². The quantitative estimate of drug-likeness (QED) is 0.649. The van der Waals surface area contributed by atoms with Gasteiger partial charge in [-0.05, 0) is 6.92 Å². The van der Waals surface area contributed by atoms with Crippen LogP contribution < -0.4 is 0 Å². The molecule has 1 N–H and O–H groups in total. The normalized spacial score (nSPS) is 10.1. The molecule has 5 heteroatoms. The monoisotopic (exact) mass is 158 g/mol. The lowest BCUT2D eigenvalue weighted by atomic mass is 10.3.